The predicted molar refractivity (Wildman–Crippen MR) is 127 cm³/mol. The van der Waals surface area contributed by atoms with Gasteiger partial charge >= 0.3 is 5.97 Å². The molecule has 0 amide bonds. The second kappa shape index (κ2) is 13.0. The highest BCUT2D eigenvalue weighted by Gasteiger charge is 2.23. The minimum Gasteiger partial charge on any atom is -0.459 e. The molecule has 0 saturated heterocycles. The Morgan fingerprint density at radius 2 is 1.91 bits per heavy atom. The molecule has 0 aliphatic heterocycles. The molecular weight excluding hydrogens is 438 g/mol. The van der Waals surface area contributed by atoms with Gasteiger partial charge in [0.2, 0.25) is 0 Å². The summed E-state index contributed by atoms with van der Waals surface area (Å²) in [6, 6.07) is 10.9. The van der Waals surface area contributed by atoms with Crippen LogP contribution in [0.5, 0.6) is 0 Å². The number of aromatic nitrogens is 2. The molecule has 3 aromatic rings. The number of benzene rings is 2. The monoisotopic (exact) mass is 470 g/mol. The van der Waals surface area contributed by atoms with Crippen molar-refractivity contribution in [1.29, 1.82) is 0 Å². The fourth-order valence-corrected chi connectivity index (χ4v) is 3.78. The number of carbonyl (C=O) groups excluding carboxylic acids is 1. The first kappa shape index (κ1) is 25.5. The molecule has 0 aliphatic rings. The van der Waals surface area contributed by atoms with E-state index in [1.54, 1.807) is 12.5 Å². The van der Waals surface area contributed by atoms with E-state index in [4.69, 9.17) is 10.5 Å². The van der Waals surface area contributed by atoms with Crippen LogP contribution in [0, 0.1) is 11.6 Å². The summed E-state index contributed by atoms with van der Waals surface area (Å²) in [7, 11) is 0. The number of halogens is 2. The smallest absolute Gasteiger partial charge is 0.306 e. The number of aryl methyl sites for hydroxylation is 2. The molecule has 6 nitrogen and oxygen atoms in total. The molecule has 2 unspecified atom stereocenters. The SMILES string of the molecule is CCc1cccc(CNCC(OC(=O)CCCn2ccnc2)C(N)Cc2cc(F)cc(F)c2)c1. The summed E-state index contributed by atoms with van der Waals surface area (Å²) in [5, 5.41) is 3.31. The Morgan fingerprint density at radius 1 is 1.15 bits per heavy atom. The van der Waals surface area contributed by atoms with Crippen LogP contribution < -0.4 is 11.1 Å². The molecule has 0 radical (unpaired) electrons. The normalized spacial score (nSPS) is 12.9. The molecule has 2 atom stereocenters. The Balaban J connectivity index is 1.59. The van der Waals surface area contributed by atoms with E-state index >= 15 is 0 Å². The van der Waals surface area contributed by atoms with Crippen LogP contribution in [0.3, 0.4) is 0 Å². The molecule has 2 aromatic carbocycles. The van der Waals surface area contributed by atoms with Gasteiger partial charge in [-0.3, -0.25) is 4.79 Å². The summed E-state index contributed by atoms with van der Waals surface area (Å²) < 4.78 is 34.8. The van der Waals surface area contributed by atoms with Crippen molar-refractivity contribution in [2.24, 2.45) is 5.73 Å². The van der Waals surface area contributed by atoms with Crippen LogP contribution in [0.15, 0.2) is 61.2 Å². The third-order valence-electron chi connectivity index (χ3n) is 5.58. The number of imidazole rings is 1. The fourth-order valence-electron chi connectivity index (χ4n) is 3.78. The number of nitrogens with two attached hydrogens (primary N) is 1. The molecule has 182 valence electrons. The summed E-state index contributed by atoms with van der Waals surface area (Å²) in [5.41, 5.74) is 9.13. The Labute approximate surface area is 199 Å². The zero-order chi connectivity index (χ0) is 24.3. The zero-order valence-electron chi connectivity index (χ0n) is 19.4. The lowest BCUT2D eigenvalue weighted by atomic mass is 10.0. The molecule has 8 heteroatoms. The number of rotatable bonds is 13. The molecule has 3 rings (SSSR count). The van der Waals surface area contributed by atoms with Crippen molar-refractivity contribution in [3.63, 3.8) is 0 Å². The van der Waals surface area contributed by atoms with E-state index < -0.39 is 23.8 Å². The standard InChI is InChI=1S/C26H32F2N4O2/c1-2-19-5-3-6-20(11-19)16-31-17-25(24(29)14-21-12-22(27)15-23(28)13-21)34-26(33)7-4-9-32-10-8-30-18-32/h3,5-6,8,10-13,15,18,24-25,31H,2,4,7,9,14,16-17,29H2,1H3. The number of esters is 1. The second-order valence-electron chi connectivity index (χ2n) is 8.38. The van der Waals surface area contributed by atoms with E-state index in [-0.39, 0.29) is 18.8 Å². The minimum absolute atomic E-state index is 0.175. The highest BCUT2D eigenvalue weighted by molar-refractivity contribution is 5.69. The maximum absolute atomic E-state index is 13.6. The molecule has 1 heterocycles. The molecular formula is C26H32F2N4O2. The van der Waals surface area contributed by atoms with Crippen molar-refractivity contribution in [3.05, 3.63) is 89.5 Å². The van der Waals surface area contributed by atoms with E-state index in [0.717, 1.165) is 18.1 Å². The highest BCUT2D eigenvalue weighted by atomic mass is 19.1. The number of nitrogens with zero attached hydrogens (tertiary/aromatic N) is 2. The van der Waals surface area contributed by atoms with Crippen LogP contribution in [-0.4, -0.2) is 34.2 Å². The first-order valence-corrected chi connectivity index (χ1v) is 11.6. The summed E-state index contributed by atoms with van der Waals surface area (Å²) >= 11 is 0. The number of nitrogens with one attached hydrogen (secondary N) is 1. The maximum Gasteiger partial charge on any atom is 0.306 e. The lowest BCUT2D eigenvalue weighted by Gasteiger charge is -2.25. The quantitative estimate of drug-likeness (QED) is 0.372. The van der Waals surface area contributed by atoms with Gasteiger partial charge in [0.15, 0.2) is 0 Å². The van der Waals surface area contributed by atoms with E-state index in [2.05, 4.69) is 29.4 Å². The van der Waals surface area contributed by atoms with Crippen LogP contribution in [0.25, 0.3) is 0 Å². The van der Waals surface area contributed by atoms with Gasteiger partial charge in [0.1, 0.15) is 17.7 Å². The van der Waals surface area contributed by atoms with Crippen LogP contribution in [0.1, 0.15) is 36.5 Å². The van der Waals surface area contributed by atoms with Crippen LogP contribution >= 0.6 is 0 Å². The molecule has 0 fully saturated rings. The molecule has 0 aliphatic carbocycles. The van der Waals surface area contributed by atoms with Gasteiger partial charge in [0.25, 0.3) is 0 Å². The minimum atomic E-state index is -0.663. The topological polar surface area (TPSA) is 82.2 Å². The third-order valence-corrected chi connectivity index (χ3v) is 5.58. The lowest BCUT2D eigenvalue weighted by molar-refractivity contribution is -0.150. The van der Waals surface area contributed by atoms with Crippen molar-refractivity contribution in [2.45, 2.75) is 57.8 Å². The number of hydrogen-bond acceptors (Lipinski definition) is 5. The average Bonchev–Trinajstić information content (AvgIpc) is 3.31. The Bertz CT molecular complexity index is 1020. The number of hydrogen-bond donors (Lipinski definition) is 2. The summed E-state index contributed by atoms with van der Waals surface area (Å²) in [6.45, 7) is 3.66. The van der Waals surface area contributed by atoms with E-state index in [9.17, 15) is 13.6 Å². The first-order valence-electron chi connectivity index (χ1n) is 11.6. The summed E-state index contributed by atoms with van der Waals surface area (Å²) in [4.78, 5) is 16.5. The maximum atomic E-state index is 13.6. The van der Waals surface area contributed by atoms with Crippen LogP contribution in [0.4, 0.5) is 8.78 Å². The molecule has 0 saturated carbocycles. The van der Waals surface area contributed by atoms with Gasteiger partial charge in [0.05, 0.1) is 6.33 Å². The molecule has 0 bridgehead atoms. The lowest BCUT2D eigenvalue weighted by Crippen LogP contribution is -2.46. The van der Waals surface area contributed by atoms with Crippen molar-refractivity contribution in [1.82, 2.24) is 14.9 Å². The highest BCUT2D eigenvalue weighted by Crippen LogP contribution is 2.13. The number of ether oxygens (including phenoxy) is 1. The summed E-state index contributed by atoms with van der Waals surface area (Å²) in [5.74, 6) is -1.69. The molecule has 0 spiro atoms. The van der Waals surface area contributed by atoms with Gasteiger partial charge in [-0.1, -0.05) is 31.2 Å². The molecule has 34 heavy (non-hydrogen) atoms. The largest absolute Gasteiger partial charge is 0.459 e. The second-order valence-corrected chi connectivity index (χ2v) is 8.38. The van der Waals surface area contributed by atoms with E-state index in [1.807, 2.05) is 22.9 Å². The van der Waals surface area contributed by atoms with Crippen LogP contribution in [-0.2, 0) is 35.5 Å². The van der Waals surface area contributed by atoms with Gasteiger partial charge in [0, 0.05) is 50.6 Å². The van der Waals surface area contributed by atoms with E-state index in [0.29, 0.717) is 31.6 Å². The number of carbonyl (C=O) groups is 1. The Kier molecular flexibility index (Phi) is 9.73. The third kappa shape index (κ3) is 8.35. The van der Waals surface area contributed by atoms with Crippen molar-refractivity contribution >= 4 is 5.97 Å². The van der Waals surface area contributed by atoms with Crippen molar-refractivity contribution in [2.75, 3.05) is 6.54 Å². The average molecular weight is 471 g/mol. The molecule has 3 N–H and O–H groups in total. The van der Waals surface area contributed by atoms with Crippen LogP contribution in [0.2, 0.25) is 0 Å². The van der Waals surface area contributed by atoms with Crippen molar-refractivity contribution in [3.8, 4) is 0 Å². The van der Waals surface area contributed by atoms with Gasteiger partial charge in [-0.25, -0.2) is 13.8 Å². The van der Waals surface area contributed by atoms with Gasteiger partial charge < -0.3 is 20.4 Å². The molecule has 1 aromatic heterocycles. The predicted octanol–water partition coefficient (Wildman–Crippen LogP) is 3.78. The zero-order valence-corrected chi connectivity index (χ0v) is 19.4. The van der Waals surface area contributed by atoms with Gasteiger partial charge in [-0.15, -0.1) is 0 Å². The summed E-state index contributed by atoms with van der Waals surface area (Å²) in [6.07, 6.45) is 6.51. The Hall–Kier alpha value is -3.10. The van der Waals surface area contributed by atoms with E-state index in [1.165, 1.54) is 17.7 Å². The first-order chi connectivity index (χ1) is 16.4. The Morgan fingerprint density at radius 3 is 2.62 bits per heavy atom. The van der Waals surface area contributed by atoms with Gasteiger partial charge in [-0.2, -0.15) is 0 Å². The fraction of sp³-hybridized carbons (Fsp3) is 0.385. The van der Waals surface area contributed by atoms with Crippen molar-refractivity contribution < 1.29 is 18.3 Å². The van der Waals surface area contributed by atoms with Gasteiger partial charge in [-0.05, 0) is 48.1 Å².